The molecule has 0 bridgehead atoms. The van der Waals surface area contributed by atoms with E-state index in [1.165, 1.54) is 18.4 Å². The highest BCUT2D eigenvalue weighted by atomic mass is 79.9. The SMILES string of the molecule is Cc1ccnc(NCC2NCCCC2(C)C)c1Br. The fourth-order valence-corrected chi connectivity index (χ4v) is 2.86. The largest absolute Gasteiger partial charge is 0.368 e. The van der Waals surface area contributed by atoms with Crippen LogP contribution in [0.3, 0.4) is 0 Å². The summed E-state index contributed by atoms with van der Waals surface area (Å²) in [5.41, 5.74) is 1.56. The standard InChI is InChI=1S/C14H22BrN3/c1-10-5-8-17-13(12(10)15)18-9-11-14(2,3)6-4-7-16-11/h5,8,11,16H,4,6-7,9H2,1-3H3,(H,17,18). The number of hydrogen-bond acceptors (Lipinski definition) is 3. The Kier molecular flexibility index (Phi) is 4.28. The first kappa shape index (κ1) is 13.8. The van der Waals surface area contributed by atoms with Crippen LogP contribution in [-0.4, -0.2) is 24.1 Å². The van der Waals surface area contributed by atoms with Gasteiger partial charge in [0.05, 0.1) is 4.47 Å². The van der Waals surface area contributed by atoms with Crippen LogP contribution in [0.5, 0.6) is 0 Å². The predicted molar refractivity (Wildman–Crippen MR) is 80.0 cm³/mol. The fraction of sp³-hybridized carbons (Fsp3) is 0.643. The zero-order valence-corrected chi connectivity index (χ0v) is 13.0. The Labute approximate surface area is 118 Å². The van der Waals surface area contributed by atoms with Crippen LogP contribution >= 0.6 is 15.9 Å². The Bertz CT molecular complexity index is 418. The molecule has 1 aromatic rings. The maximum Gasteiger partial charge on any atom is 0.140 e. The van der Waals surface area contributed by atoms with Gasteiger partial charge in [-0.1, -0.05) is 13.8 Å². The van der Waals surface area contributed by atoms with Crippen molar-refractivity contribution >= 4 is 21.7 Å². The zero-order valence-electron chi connectivity index (χ0n) is 11.4. The second-order valence-corrected chi connectivity index (χ2v) is 6.56. The van der Waals surface area contributed by atoms with Crippen LogP contribution in [0, 0.1) is 12.3 Å². The second kappa shape index (κ2) is 5.57. The molecule has 0 spiro atoms. The number of piperidine rings is 1. The molecule has 0 saturated carbocycles. The Morgan fingerprint density at radius 2 is 2.33 bits per heavy atom. The van der Waals surface area contributed by atoms with Crippen molar-refractivity contribution in [1.29, 1.82) is 0 Å². The Hall–Kier alpha value is -0.610. The smallest absolute Gasteiger partial charge is 0.140 e. The predicted octanol–water partition coefficient (Wildman–Crippen LogP) is 3.34. The number of aromatic nitrogens is 1. The molecule has 0 amide bonds. The van der Waals surface area contributed by atoms with Crippen LogP contribution in [0.15, 0.2) is 16.7 Å². The van der Waals surface area contributed by atoms with E-state index >= 15 is 0 Å². The minimum absolute atomic E-state index is 0.349. The third kappa shape index (κ3) is 3.04. The number of halogens is 1. The van der Waals surface area contributed by atoms with Gasteiger partial charge in [0.15, 0.2) is 0 Å². The van der Waals surface area contributed by atoms with E-state index in [0.29, 0.717) is 11.5 Å². The van der Waals surface area contributed by atoms with Gasteiger partial charge in [-0.15, -0.1) is 0 Å². The van der Waals surface area contributed by atoms with Gasteiger partial charge in [0.2, 0.25) is 0 Å². The van der Waals surface area contributed by atoms with E-state index in [4.69, 9.17) is 0 Å². The molecule has 1 fully saturated rings. The number of anilines is 1. The van der Waals surface area contributed by atoms with Gasteiger partial charge in [0.1, 0.15) is 5.82 Å². The van der Waals surface area contributed by atoms with E-state index in [9.17, 15) is 0 Å². The summed E-state index contributed by atoms with van der Waals surface area (Å²) in [5.74, 6) is 0.943. The van der Waals surface area contributed by atoms with Crippen LogP contribution in [0.25, 0.3) is 0 Å². The summed E-state index contributed by atoms with van der Waals surface area (Å²) in [7, 11) is 0. The molecule has 1 aliphatic heterocycles. The molecule has 2 N–H and O–H groups in total. The average molecular weight is 312 g/mol. The number of nitrogens with one attached hydrogen (secondary N) is 2. The van der Waals surface area contributed by atoms with Crippen molar-refractivity contribution in [1.82, 2.24) is 10.3 Å². The molecular formula is C14H22BrN3. The van der Waals surface area contributed by atoms with Crippen molar-refractivity contribution in [3.05, 3.63) is 22.3 Å². The van der Waals surface area contributed by atoms with Crippen LogP contribution in [-0.2, 0) is 0 Å². The highest BCUT2D eigenvalue weighted by Gasteiger charge is 2.31. The van der Waals surface area contributed by atoms with E-state index in [-0.39, 0.29) is 0 Å². The van der Waals surface area contributed by atoms with E-state index in [0.717, 1.165) is 23.4 Å². The lowest BCUT2D eigenvalue weighted by Gasteiger charge is -2.39. The molecule has 2 rings (SSSR count). The number of rotatable bonds is 3. The number of pyridine rings is 1. The molecule has 0 radical (unpaired) electrons. The van der Waals surface area contributed by atoms with Gasteiger partial charge in [-0.3, -0.25) is 0 Å². The summed E-state index contributed by atoms with van der Waals surface area (Å²) in [6, 6.07) is 2.51. The molecular weight excluding hydrogens is 290 g/mol. The summed E-state index contributed by atoms with van der Waals surface area (Å²) < 4.78 is 1.07. The van der Waals surface area contributed by atoms with E-state index in [1.54, 1.807) is 0 Å². The fourth-order valence-electron chi connectivity index (χ4n) is 2.48. The van der Waals surface area contributed by atoms with E-state index in [1.807, 2.05) is 12.3 Å². The molecule has 1 unspecified atom stereocenters. The molecule has 3 nitrogen and oxygen atoms in total. The number of nitrogens with zero attached hydrogens (tertiary/aromatic N) is 1. The lowest BCUT2D eigenvalue weighted by atomic mass is 9.77. The molecule has 1 saturated heterocycles. The average Bonchev–Trinajstić information content (AvgIpc) is 2.32. The maximum atomic E-state index is 4.39. The van der Waals surface area contributed by atoms with Crippen molar-refractivity contribution < 1.29 is 0 Å². The lowest BCUT2D eigenvalue weighted by molar-refractivity contribution is 0.188. The van der Waals surface area contributed by atoms with Gasteiger partial charge < -0.3 is 10.6 Å². The van der Waals surface area contributed by atoms with E-state index < -0.39 is 0 Å². The van der Waals surface area contributed by atoms with Gasteiger partial charge in [-0.25, -0.2) is 4.98 Å². The maximum absolute atomic E-state index is 4.39. The van der Waals surface area contributed by atoms with Crippen molar-refractivity contribution in [2.45, 2.75) is 39.7 Å². The Morgan fingerprint density at radius 3 is 3.06 bits per heavy atom. The number of hydrogen-bond donors (Lipinski definition) is 2. The minimum atomic E-state index is 0.349. The zero-order chi connectivity index (χ0) is 13.2. The Morgan fingerprint density at radius 1 is 1.56 bits per heavy atom. The van der Waals surface area contributed by atoms with Gasteiger partial charge in [0, 0.05) is 18.8 Å². The van der Waals surface area contributed by atoms with Crippen molar-refractivity contribution in [3.8, 4) is 0 Å². The van der Waals surface area contributed by atoms with Gasteiger partial charge in [0.25, 0.3) is 0 Å². The van der Waals surface area contributed by atoms with Gasteiger partial charge in [-0.05, 0) is 59.3 Å². The summed E-state index contributed by atoms with van der Waals surface area (Å²) >= 11 is 3.59. The molecule has 0 aromatic carbocycles. The van der Waals surface area contributed by atoms with Crippen LogP contribution in [0.4, 0.5) is 5.82 Å². The monoisotopic (exact) mass is 311 g/mol. The third-order valence-electron chi connectivity index (χ3n) is 3.89. The molecule has 4 heteroatoms. The third-order valence-corrected chi connectivity index (χ3v) is 4.89. The first-order valence-corrected chi connectivity index (χ1v) is 7.38. The minimum Gasteiger partial charge on any atom is -0.368 e. The molecule has 100 valence electrons. The van der Waals surface area contributed by atoms with Gasteiger partial charge in [-0.2, -0.15) is 0 Å². The molecule has 0 aliphatic carbocycles. The molecule has 18 heavy (non-hydrogen) atoms. The van der Waals surface area contributed by atoms with Crippen molar-refractivity contribution in [2.24, 2.45) is 5.41 Å². The summed E-state index contributed by atoms with van der Waals surface area (Å²) in [4.78, 5) is 4.39. The molecule has 1 aliphatic rings. The van der Waals surface area contributed by atoms with Crippen LogP contribution in [0.1, 0.15) is 32.3 Å². The number of aryl methyl sites for hydroxylation is 1. The molecule has 1 aromatic heterocycles. The quantitative estimate of drug-likeness (QED) is 0.899. The second-order valence-electron chi connectivity index (χ2n) is 5.77. The summed E-state index contributed by atoms with van der Waals surface area (Å²) in [5, 5.41) is 7.07. The molecule has 1 atom stereocenters. The van der Waals surface area contributed by atoms with E-state index in [2.05, 4.69) is 52.3 Å². The summed E-state index contributed by atoms with van der Waals surface area (Å²) in [6.07, 6.45) is 4.41. The molecule has 2 heterocycles. The van der Waals surface area contributed by atoms with Crippen LogP contribution in [0.2, 0.25) is 0 Å². The Balaban J connectivity index is 2.00. The lowest BCUT2D eigenvalue weighted by Crippen LogP contribution is -2.50. The first-order chi connectivity index (χ1) is 8.50. The van der Waals surface area contributed by atoms with Crippen molar-refractivity contribution in [3.63, 3.8) is 0 Å². The highest BCUT2D eigenvalue weighted by molar-refractivity contribution is 9.10. The topological polar surface area (TPSA) is 37.0 Å². The van der Waals surface area contributed by atoms with Gasteiger partial charge >= 0.3 is 0 Å². The van der Waals surface area contributed by atoms with Crippen LogP contribution < -0.4 is 10.6 Å². The normalized spacial score (nSPS) is 22.8. The van der Waals surface area contributed by atoms with Crippen molar-refractivity contribution in [2.75, 3.05) is 18.4 Å². The summed E-state index contributed by atoms with van der Waals surface area (Å²) in [6.45, 7) is 8.80. The highest BCUT2D eigenvalue weighted by Crippen LogP contribution is 2.31. The first-order valence-electron chi connectivity index (χ1n) is 6.59.